The lowest BCUT2D eigenvalue weighted by molar-refractivity contribution is 0.114. The molecule has 0 bridgehead atoms. The van der Waals surface area contributed by atoms with E-state index in [0.717, 1.165) is 36.3 Å². The van der Waals surface area contributed by atoms with Crippen molar-refractivity contribution in [1.29, 1.82) is 0 Å². The van der Waals surface area contributed by atoms with Crippen LogP contribution in [0.1, 0.15) is 38.5 Å². The maximum Gasteiger partial charge on any atom is 0.140 e. The van der Waals surface area contributed by atoms with Crippen LogP contribution in [0, 0.1) is 0 Å². The quantitative estimate of drug-likeness (QED) is 0.841. The van der Waals surface area contributed by atoms with E-state index in [1.165, 1.54) is 32.1 Å². The number of aromatic nitrogens is 2. The summed E-state index contributed by atoms with van der Waals surface area (Å²) in [5.41, 5.74) is 0.915. The third-order valence-corrected chi connectivity index (χ3v) is 5.27. The lowest BCUT2D eigenvalue weighted by atomic mass is 10.1. The molecule has 0 N–H and O–H groups in total. The van der Waals surface area contributed by atoms with Gasteiger partial charge in [0.1, 0.15) is 12.1 Å². The number of fused-ring (bicyclic) bond motifs is 1. The molecular weight excluding hydrogens is 310 g/mol. The van der Waals surface area contributed by atoms with Crippen LogP contribution < -0.4 is 4.90 Å². The summed E-state index contributed by atoms with van der Waals surface area (Å²) in [6, 6.07) is 6.45. The summed E-state index contributed by atoms with van der Waals surface area (Å²) in [7, 11) is 0. The highest BCUT2D eigenvalue weighted by molar-refractivity contribution is 6.31. The van der Waals surface area contributed by atoms with E-state index in [-0.39, 0.29) is 0 Å². The maximum absolute atomic E-state index is 6.12. The lowest BCUT2D eigenvalue weighted by Crippen LogP contribution is -2.40. The Morgan fingerprint density at radius 3 is 2.78 bits per heavy atom. The van der Waals surface area contributed by atoms with Crippen molar-refractivity contribution in [2.45, 2.75) is 50.7 Å². The first kappa shape index (κ1) is 15.2. The monoisotopic (exact) mass is 331 g/mol. The second-order valence-corrected chi connectivity index (χ2v) is 7.02. The first-order valence-corrected chi connectivity index (χ1v) is 8.97. The van der Waals surface area contributed by atoms with Crippen molar-refractivity contribution in [3.05, 3.63) is 29.5 Å². The van der Waals surface area contributed by atoms with Crippen LogP contribution in [0.3, 0.4) is 0 Å². The molecule has 122 valence electrons. The van der Waals surface area contributed by atoms with Crippen LogP contribution >= 0.6 is 11.6 Å². The van der Waals surface area contributed by atoms with Gasteiger partial charge < -0.3 is 9.64 Å². The molecule has 1 aliphatic carbocycles. The number of rotatable bonds is 4. The molecule has 1 aromatic heterocycles. The van der Waals surface area contributed by atoms with Gasteiger partial charge in [-0.05, 0) is 43.9 Å². The van der Waals surface area contributed by atoms with Gasteiger partial charge in [0.05, 0.1) is 11.6 Å². The molecule has 2 aliphatic rings. The zero-order valence-electron chi connectivity index (χ0n) is 13.2. The van der Waals surface area contributed by atoms with Gasteiger partial charge in [0.25, 0.3) is 0 Å². The fraction of sp³-hybridized carbons (Fsp3) is 0.556. The molecule has 2 heterocycles. The predicted octanol–water partition coefficient (Wildman–Crippen LogP) is 4.21. The minimum atomic E-state index is 0.327. The maximum atomic E-state index is 6.12. The number of hydrogen-bond donors (Lipinski definition) is 0. The number of hydrogen-bond acceptors (Lipinski definition) is 4. The number of halogens is 1. The Morgan fingerprint density at radius 1 is 1.13 bits per heavy atom. The third-order valence-electron chi connectivity index (χ3n) is 5.04. The van der Waals surface area contributed by atoms with Crippen LogP contribution in [0.4, 0.5) is 5.82 Å². The van der Waals surface area contributed by atoms with Gasteiger partial charge >= 0.3 is 0 Å². The molecule has 0 amide bonds. The van der Waals surface area contributed by atoms with Gasteiger partial charge in [-0.2, -0.15) is 0 Å². The van der Waals surface area contributed by atoms with Gasteiger partial charge in [-0.1, -0.05) is 24.4 Å². The van der Waals surface area contributed by atoms with Crippen molar-refractivity contribution >= 4 is 28.3 Å². The Labute approximate surface area is 141 Å². The van der Waals surface area contributed by atoms with Crippen LogP contribution in [-0.4, -0.2) is 35.3 Å². The van der Waals surface area contributed by atoms with E-state index in [1.54, 1.807) is 6.33 Å². The molecule has 0 unspecified atom stereocenters. The molecule has 1 atom stereocenters. The molecule has 2 aromatic rings. The Kier molecular flexibility index (Phi) is 4.36. The Bertz CT molecular complexity index is 681. The Morgan fingerprint density at radius 2 is 2.00 bits per heavy atom. The van der Waals surface area contributed by atoms with Crippen molar-refractivity contribution < 1.29 is 4.74 Å². The summed E-state index contributed by atoms with van der Waals surface area (Å²) < 4.78 is 5.89. The number of anilines is 1. The van der Waals surface area contributed by atoms with Crippen molar-refractivity contribution in [1.82, 2.24) is 9.97 Å². The summed E-state index contributed by atoms with van der Waals surface area (Å²) in [6.07, 6.45) is 9.40. The molecule has 0 radical (unpaired) electrons. The normalized spacial score (nSPS) is 22.0. The average Bonchev–Trinajstić information content (AvgIpc) is 3.25. The van der Waals surface area contributed by atoms with E-state index in [2.05, 4.69) is 14.9 Å². The van der Waals surface area contributed by atoms with E-state index < -0.39 is 0 Å². The van der Waals surface area contributed by atoms with Crippen molar-refractivity contribution in [3.8, 4) is 0 Å². The highest BCUT2D eigenvalue weighted by Gasteiger charge is 2.29. The van der Waals surface area contributed by atoms with E-state index in [4.69, 9.17) is 16.3 Å². The van der Waals surface area contributed by atoms with Crippen LogP contribution in [0.25, 0.3) is 10.9 Å². The van der Waals surface area contributed by atoms with Gasteiger partial charge in [-0.25, -0.2) is 9.97 Å². The SMILES string of the molecule is Clc1ccc2c(N(C[C@H]3CCCO3)C3CCCC3)ncnc2c1. The fourth-order valence-electron chi connectivity index (χ4n) is 3.88. The van der Waals surface area contributed by atoms with Gasteiger partial charge in [0.2, 0.25) is 0 Å². The van der Waals surface area contributed by atoms with E-state index >= 15 is 0 Å². The summed E-state index contributed by atoms with van der Waals surface area (Å²) in [4.78, 5) is 11.5. The molecule has 1 saturated heterocycles. The first-order valence-electron chi connectivity index (χ1n) is 8.60. The minimum absolute atomic E-state index is 0.327. The smallest absolute Gasteiger partial charge is 0.140 e. The van der Waals surface area contributed by atoms with Gasteiger partial charge in [0.15, 0.2) is 0 Å². The van der Waals surface area contributed by atoms with E-state index in [9.17, 15) is 0 Å². The number of benzene rings is 1. The molecule has 1 aliphatic heterocycles. The molecule has 2 fully saturated rings. The van der Waals surface area contributed by atoms with Crippen molar-refractivity contribution in [2.24, 2.45) is 0 Å². The standard InChI is InChI=1S/C18H22ClN3O/c19-13-7-8-16-17(10-13)20-12-21-18(16)22(14-4-1-2-5-14)11-15-6-3-9-23-15/h7-8,10,12,14-15H,1-6,9,11H2/t15-/m1/s1. The summed E-state index contributed by atoms with van der Waals surface area (Å²) >= 11 is 6.12. The first-order chi connectivity index (χ1) is 11.3. The summed E-state index contributed by atoms with van der Waals surface area (Å²) in [6.45, 7) is 1.82. The highest BCUT2D eigenvalue weighted by Crippen LogP contribution is 2.33. The lowest BCUT2D eigenvalue weighted by Gasteiger charge is -2.32. The Balaban J connectivity index is 1.72. The second kappa shape index (κ2) is 6.62. The summed E-state index contributed by atoms with van der Waals surface area (Å²) in [5, 5.41) is 1.80. The molecule has 23 heavy (non-hydrogen) atoms. The zero-order chi connectivity index (χ0) is 15.6. The summed E-state index contributed by atoms with van der Waals surface area (Å²) in [5.74, 6) is 1.04. The highest BCUT2D eigenvalue weighted by atomic mass is 35.5. The molecular formula is C18H22ClN3O. The third kappa shape index (κ3) is 3.15. The number of nitrogens with zero attached hydrogens (tertiary/aromatic N) is 3. The second-order valence-electron chi connectivity index (χ2n) is 6.58. The zero-order valence-corrected chi connectivity index (χ0v) is 14.0. The van der Waals surface area contributed by atoms with Crippen molar-refractivity contribution in [2.75, 3.05) is 18.1 Å². The van der Waals surface area contributed by atoms with Gasteiger partial charge in [0, 0.05) is 29.6 Å². The van der Waals surface area contributed by atoms with Crippen LogP contribution in [0.15, 0.2) is 24.5 Å². The van der Waals surface area contributed by atoms with Gasteiger partial charge in [-0.3, -0.25) is 0 Å². The minimum Gasteiger partial charge on any atom is -0.376 e. The van der Waals surface area contributed by atoms with Crippen LogP contribution in [-0.2, 0) is 4.74 Å². The van der Waals surface area contributed by atoms with Crippen molar-refractivity contribution in [3.63, 3.8) is 0 Å². The molecule has 5 heteroatoms. The molecule has 0 spiro atoms. The Hall–Kier alpha value is -1.39. The van der Waals surface area contributed by atoms with Gasteiger partial charge in [-0.15, -0.1) is 0 Å². The predicted molar refractivity (Wildman–Crippen MR) is 93.1 cm³/mol. The average molecular weight is 332 g/mol. The number of ether oxygens (including phenoxy) is 1. The van der Waals surface area contributed by atoms with Crippen LogP contribution in [0.5, 0.6) is 0 Å². The molecule has 1 saturated carbocycles. The van der Waals surface area contributed by atoms with E-state index in [0.29, 0.717) is 17.2 Å². The van der Waals surface area contributed by atoms with E-state index in [1.807, 2.05) is 18.2 Å². The molecule has 4 nitrogen and oxygen atoms in total. The molecule has 1 aromatic carbocycles. The van der Waals surface area contributed by atoms with Crippen LogP contribution in [0.2, 0.25) is 5.02 Å². The fourth-order valence-corrected chi connectivity index (χ4v) is 4.04. The topological polar surface area (TPSA) is 38.2 Å². The largest absolute Gasteiger partial charge is 0.376 e. The molecule has 4 rings (SSSR count).